The second-order valence-corrected chi connectivity index (χ2v) is 1.52. The van der Waals surface area contributed by atoms with Crippen LogP contribution in [-0.4, -0.2) is 0 Å². The molecule has 0 aliphatic carbocycles. The van der Waals surface area contributed by atoms with Crippen molar-refractivity contribution < 1.29 is 0 Å². The predicted octanol–water partition coefficient (Wildman–Crippen LogP) is 1.44. The van der Waals surface area contributed by atoms with Crippen LogP contribution in [0.1, 0.15) is 0 Å². The van der Waals surface area contributed by atoms with Gasteiger partial charge in [-0.3, -0.25) is 0 Å². The van der Waals surface area contributed by atoms with E-state index >= 15 is 0 Å². The van der Waals surface area contributed by atoms with Gasteiger partial charge in [-0.1, -0.05) is 11.5 Å². The zero-order valence-electron chi connectivity index (χ0n) is 3.53. The Kier molecular flexibility index (Phi) is 1.74. The van der Waals surface area contributed by atoms with E-state index in [0.717, 1.165) is 0 Å². The number of rotatable bonds is 1. The molecular formula is C5H6S. The average molecular weight is 98.2 g/mol. The van der Waals surface area contributed by atoms with Crippen LogP contribution in [0.25, 0.3) is 0 Å². The summed E-state index contributed by atoms with van der Waals surface area (Å²) in [6.45, 7) is 10.3. The van der Waals surface area contributed by atoms with Crippen molar-refractivity contribution in [3.63, 3.8) is 0 Å². The van der Waals surface area contributed by atoms with Crippen molar-refractivity contribution in [2.75, 3.05) is 0 Å². The van der Waals surface area contributed by atoms with Gasteiger partial charge in [0.1, 0.15) is 0 Å². The van der Waals surface area contributed by atoms with Crippen LogP contribution in [0.2, 0.25) is 0 Å². The largest absolute Gasteiger partial charge is 0.697 e. The van der Waals surface area contributed by atoms with Gasteiger partial charge in [-0.15, -0.1) is 0 Å². The van der Waals surface area contributed by atoms with Crippen LogP contribution < -0.4 is 0 Å². The zero-order valence-corrected chi connectivity index (χ0v) is 4.35. The first kappa shape index (κ1) is 5.57. The molecule has 0 aromatic carbocycles. The Morgan fingerprint density at radius 1 is 1.50 bits per heavy atom. The third kappa shape index (κ3) is 1.85. The highest BCUT2D eigenvalue weighted by atomic mass is 32.1. The number of hydrogen-bond acceptors (Lipinski definition) is 1. The van der Waals surface area contributed by atoms with Crippen LogP contribution in [-0.2, 0) is 12.6 Å². The van der Waals surface area contributed by atoms with Crippen molar-refractivity contribution in [2.45, 2.75) is 0 Å². The summed E-state index contributed by atoms with van der Waals surface area (Å²) < 4.78 is 0. The third-order valence-corrected chi connectivity index (χ3v) is 0.683. The molecule has 0 aliphatic rings. The van der Waals surface area contributed by atoms with E-state index < -0.39 is 0 Å². The maximum atomic E-state index is 4.55. The summed E-state index contributed by atoms with van der Waals surface area (Å²) in [4.78, 5) is 0.537. The van der Waals surface area contributed by atoms with Crippen LogP contribution in [0.5, 0.6) is 0 Å². The van der Waals surface area contributed by atoms with Crippen molar-refractivity contribution in [3.05, 3.63) is 30.6 Å². The fourth-order valence-electron chi connectivity index (χ4n) is 0. The lowest BCUT2D eigenvalue weighted by atomic mass is 10.3. The maximum absolute atomic E-state index is 4.55. The fourth-order valence-corrected chi connectivity index (χ4v) is 0. The van der Waals surface area contributed by atoms with Gasteiger partial charge in [0, 0.05) is 13.5 Å². The molecule has 0 amide bonds. The number of hydrogen-bond donors (Lipinski definition) is 0. The Labute approximate surface area is 44.0 Å². The van der Waals surface area contributed by atoms with Crippen LogP contribution in [0.15, 0.2) is 23.6 Å². The van der Waals surface area contributed by atoms with Gasteiger partial charge in [0.05, 0.1) is 5.57 Å². The second-order valence-electron chi connectivity index (χ2n) is 1.03. The van der Waals surface area contributed by atoms with E-state index in [0.29, 0.717) is 10.5 Å². The molecule has 6 heavy (non-hydrogen) atoms. The van der Waals surface area contributed by atoms with E-state index in [1.807, 2.05) is 0 Å². The molecule has 0 fully saturated rings. The van der Waals surface area contributed by atoms with E-state index in [9.17, 15) is 0 Å². The van der Waals surface area contributed by atoms with E-state index in [-0.39, 0.29) is 0 Å². The lowest BCUT2D eigenvalue weighted by molar-refractivity contribution is 1.77. The van der Waals surface area contributed by atoms with E-state index in [1.165, 1.54) is 0 Å². The summed E-state index contributed by atoms with van der Waals surface area (Å²) in [6.07, 6.45) is 0. The van der Waals surface area contributed by atoms with Gasteiger partial charge in [-0.05, 0) is 0 Å². The summed E-state index contributed by atoms with van der Waals surface area (Å²) in [5, 5.41) is 0. The molecule has 0 atom stereocenters. The maximum Gasteiger partial charge on any atom is 0.0999 e. The van der Waals surface area contributed by atoms with Crippen molar-refractivity contribution in [2.24, 2.45) is 0 Å². The van der Waals surface area contributed by atoms with Gasteiger partial charge in [-0.25, -0.2) is 0 Å². The highest BCUT2D eigenvalue weighted by Gasteiger charge is 1.79. The van der Waals surface area contributed by atoms with Crippen molar-refractivity contribution in [1.29, 1.82) is 0 Å². The third-order valence-electron chi connectivity index (χ3n) is 0.394. The molecule has 0 saturated heterocycles. The summed E-state index contributed by atoms with van der Waals surface area (Å²) in [5.74, 6) is 0. The van der Waals surface area contributed by atoms with E-state index in [1.54, 1.807) is 0 Å². The van der Waals surface area contributed by atoms with Gasteiger partial charge in [-0.2, -0.15) is 0 Å². The first-order valence-corrected chi connectivity index (χ1v) is 1.92. The molecule has 0 radical (unpaired) electrons. The molecule has 32 valence electrons. The molecular weight excluding hydrogens is 92.1 g/mol. The van der Waals surface area contributed by atoms with Crippen molar-refractivity contribution in [1.82, 2.24) is 0 Å². The highest BCUT2D eigenvalue weighted by molar-refractivity contribution is 7.63. The zero-order chi connectivity index (χ0) is 5.15. The standard InChI is InChI=1S/C5H6S/c1-4(2)5(3)6/h1-3H2. The predicted molar refractivity (Wildman–Crippen MR) is 31.0 cm³/mol. The van der Waals surface area contributed by atoms with Crippen molar-refractivity contribution in [3.8, 4) is 0 Å². The minimum absolute atomic E-state index is 0.537. The molecule has 0 unspecified atom stereocenters. The SMILES string of the molecule is C=C([CH2+])C(=C)[S-]. The van der Waals surface area contributed by atoms with Crippen LogP contribution >= 0.6 is 0 Å². The molecule has 0 heterocycles. The second kappa shape index (κ2) is 1.88. The summed E-state index contributed by atoms with van der Waals surface area (Å²) in [6, 6.07) is 0. The van der Waals surface area contributed by atoms with Gasteiger partial charge in [0.25, 0.3) is 0 Å². The topological polar surface area (TPSA) is 0 Å². The molecule has 0 spiro atoms. The lowest BCUT2D eigenvalue weighted by Crippen LogP contribution is -1.69. The Morgan fingerprint density at radius 3 is 1.67 bits per heavy atom. The molecule has 0 aliphatic heterocycles. The van der Waals surface area contributed by atoms with Crippen LogP contribution in [0.3, 0.4) is 0 Å². The summed E-state index contributed by atoms with van der Waals surface area (Å²) in [7, 11) is 0. The Morgan fingerprint density at radius 2 is 1.67 bits per heavy atom. The van der Waals surface area contributed by atoms with Gasteiger partial charge >= 0.3 is 0 Å². The quantitative estimate of drug-likeness (QED) is 0.271. The van der Waals surface area contributed by atoms with Gasteiger partial charge < -0.3 is 12.6 Å². The van der Waals surface area contributed by atoms with E-state index in [2.05, 4.69) is 32.7 Å². The Balaban J connectivity index is 3.57. The molecule has 0 N–H and O–H groups in total. The monoisotopic (exact) mass is 98.0 g/mol. The first-order chi connectivity index (χ1) is 2.64. The normalized spacial score (nSPS) is 7.33. The molecule has 0 aromatic heterocycles. The van der Waals surface area contributed by atoms with Crippen molar-refractivity contribution >= 4 is 12.6 Å². The average Bonchev–Trinajstić information content (AvgIpc) is 1.36. The fraction of sp³-hybridized carbons (Fsp3) is 0. The number of allylic oxidation sites excluding steroid dienone is 1. The highest BCUT2D eigenvalue weighted by Crippen LogP contribution is 1.96. The van der Waals surface area contributed by atoms with Crippen LogP contribution in [0.4, 0.5) is 0 Å². The van der Waals surface area contributed by atoms with Crippen LogP contribution in [0, 0.1) is 6.92 Å². The molecule has 0 aromatic rings. The molecule has 0 saturated carbocycles. The first-order valence-electron chi connectivity index (χ1n) is 1.51. The van der Waals surface area contributed by atoms with E-state index in [4.69, 9.17) is 0 Å². The summed E-state index contributed by atoms with van der Waals surface area (Å²) in [5.41, 5.74) is 0.630. The lowest BCUT2D eigenvalue weighted by Gasteiger charge is -1.93. The molecule has 0 rings (SSSR count). The van der Waals surface area contributed by atoms with Gasteiger partial charge in [0.2, 0.25) is 0 Å². The Hall–Kier alpha value is -0.430. The summed E-state index contributed by atoms with van der Waals surface area (Å²) >= 11 is 4.55. The molecule has 1 heteroatoms. The smallest absolute Gasteiger partial charge is 0.0999 e. The molecule has 0 nitrogen and oxygen atoms in total. The minimum Gasteiger partial charge on any atom is -0.697 e. The minimum atomic E-state index is 0.537. The molecule has 0 bridgehead atoms. The van der Waals surface area contributed by atoms with Gasteiger partial charge in [0.15, 0.2) is 0 Å². The Bertz CT molecular complexity index is 69.9.